The lowest BCUT2D eigenvalue weighted by molar-refractivity contribution is -0.142. The van der Waals surface area contributed by atoms with Gasteiger partial charge in [-0.2, -0.15) is 0 Å². The highest BCUT2D eigenvalue weighted by Crippen LogP contribution is 2.30. The van der Waals surface area contributed by atoms with Crippen LogP contribution in [0.5, 0.6) is 0 Å². The van der Waals surface area contributed by atoms with E-state index in [1.807, 2.05) is 25.7 Å². The standard InChI is InChI=1S/C27H45N3O6/c1-27(2,3)36-26(34)30-17-13-20(14-18-30)24(32)28-22-8-6-21(7-9-22)25(33)29-15-11-19(12-16-29)5-10-23(31)35-4/h19-22H,5-18H2,1-4H3,(H,28,32)/t21-,22-. The molecule has 3 rings (SSSR count). The molecule has 0 radical (unpaired) electrons. The largest absolute Gasteiger partial charge is 0.469 e. The molecule has 0 atom stereocenters. The predicted octanol–water partition coefficient (Wildman–Crippen LogP) is 3.50. The summed E-state index contributed by atoms with van der Waals surface area (Å²) in [4.78, 5) is 53.2. The maximum atomic E-state index is 13.0. The van der Waals surface area contributed by atoms with Crippen molar-refractivity contribution in [2.75, 3.05) is 33.3 Å². The third kappa shape index (κ3) is 8.37. The summed E-state index contributed by atoms with van der Waals surface area (Å²) in [5.41, 5.74) is -0.520. The number of amides is 3. The fourth-order valence-corrected chi connectivity index (χ4v) is 5.58. The summed E-state index contributed by atoms with van der Waals surface area (Å²) in [6.07, 6.45) is 7.43. The highest BCUT2D eigenvalue weighted by molar-refractivity contribution is 5.80. The lowest BCUT2D eigenvalue weighted by Crippen LogP contribution is -2.48. The van der Waals surface area contributed by atoms with Gasteiger partial charge in [0.15, 0.2) is 0 Å². The molecule has 0 aromatic rings. The van der Waals surface area contributed by atoms with Crippen molar-refractivity contribution in [1.82, 2.24) is 15.1 Å². The Kier molecular flexibility index (Phi) is 10.0. The number of methoxy groups -OCH3 is 1. The van der Waals surface area contributed by atoms with Gasteiger partial charge in [0.05, 0.1) is 7.11 Å². The number of hydrogen-bond acceptors (Lipinski definition) is 6. The van der Waals surface area contributed by atoms with Crippen molar-refractivity contribution in [3.05, 3.63) is 0 Å². The van der Waals surface area contributed by atoms with Gasteiger partial charge in [0.25, 0.3) is 0 Å². The molecule has 0 aromatic carbocycles. The van der Waals surface area contributed by atoms with Crippen LogP contribution in [0.1, 0.15) is 85.0 Å². The smallest absolute Gasteiger partial charge is 0.410 e. The third-order valence-corrected chi connectivity index (χ3v) is 7.85. The van der Waals surface area contributed by atoms with Crippen LogP contribution in [0.3, 0.4) is 0 Å². The molecule has 9 heteroatoms. The van der Waals surface area contributed by atoms with Crippen molar-refractivity contribution in [3.8, 4) is 0 Å². The lowest BCUT2D eigenvalue weighted by atomic mass is 9.83. The lowest BCUT2D eigenvalue weighted by Gasteiger charge is -2.37. The highest BCUT2D eigenvalue weighted by atomic mass is 16.6. The van der Waals surface area contributed by atoms with Crippen LogP contribution < -0.4 is 5.32 Å². The Bertz CT molecular complexity index is 771. The molecular weight excluding hydrogens is 462 g/mol. The topological polar surface area (TPSA) is 105 Å². The molecule has 0 aromatic heterocycles. The molecule has 3 amide bonds. The van der Waals surface area contributed by atoms with Crippen LogP contribution >= 0.6 is 0 Å². The molecule has 9 nitrogen and oxygen atoms in total. The number of ether oxygens (including phenoxy) is 2. The van der Waals surface area contributed by atoms with Crippen LogP contribution in [0.25, 0.3) is 0 Å². The molecule has 3 aliphatic rings. The Morgan fingerprint density at radius 3 is 1.94 bits per heavy atom. The van der Waals surface area contributed by atoms with Crippen LogP contribution in [-0.2, 0) is 23.9 Å². The molecule has 36 heavy (non-hydrogen) atoms. The van der Waals surface area contributed by atoms with Gasteiger partial charge >= 0.3 is 12.1 Å². The molecule has 1 saturated carbocycles. The van der Waals surface area contributed by atoms with Crippen molar-refractivity contribution >= 4 is 23.9 Å². The van der Waals surface area contributed by atoms with E-state index in [-0.39, 0.29) is 41.8 Å². The Labute approximate surface area is 215 Å². The second-order valence-corrected chi connectivity index (χ2v) is 11.7. The van der Waals surface area contributed by atoms with Gasteiger partial charge in [-0.1, -0.05) is 0 Å². The summed E-state index contributed by atoms with van der Waals surface area (Å²) in [5.74, 6) is 0.604. The molecule has 0 bridgehead atoms. The number of esters is 1. The van der Waals surface area contributed by atoms with Gasteiger partial charge in [-0.25, -0.2) is 4.79 Å². The van der Waals surface area contributed by atoms with Crippen LogP contribution in [0.4, 0.5) is 4.79 Å². The average molecular weight is 508 g/mol. The van der Waals surface area contributed by atoms with Gasteiger partial charge < -0.3 is 24.6 Å². The Morgan fingerprint density at radius 1 is 0.806 bits per heavy atom. The molecule has 2 aliphatic heterocycles. The van der Waals surface area contributed by atoms with E-state index in [4.69, 9.17) is 9.47 Å². The number of likely N-dealkylation sites (tertiary alicyclic amines) is 2. The van der Waals surface area contributed by atoms with Crippen LogP contribution in [-0.4, -0.2) is 78.6 Å². The van der Waals surface area contributed by atoms with Crippen molar-refractivity contribution in [3.63, 3.8) is 0 Å². The number of hydrogen-bond donors (Lipinski definition) is 1. The SMILES string of the molecule is COC(=O)CCC1CCN(C(=O)[C@H]2CC[C@H](NC(=O)C3CCN(C(=O)OC(C)(C)C)CC3)CC2)CC1. The molecule has 0 spiro atoms. The molecule has 2 saturated heterocycles. The third-order valence-electron chi connectivity index (χ3n) is 7.85. The van der Waals surface area contributed by atoms with Crippen molar-refractivity contribution in [2.45, 2.75) is 96.6 Å². The zero-order chi connectivity index (χ0) is 26.3. The Hall–Kier alpha value is -2.32. The van der Waals surface area contributed by atoms with Crippen LogP contribution in [0, 0.1) is 17.8 Å². The zero-order valence-corrected chi connectivity index (χ0v) is 22.6. The molecule has 2 heterocycles. The van der Waals surface area contributed by atoms with Gasteiger partial charge in [-0.15, -0.1) is 0 Å². The van der Waals surface area contributed by atoms with Crippen molar-refractivity contribution in [2.24, 2.45) is 17.8 Å². The number of nitrogens with zero attached hydrogens (tertiary/aromatic N) is 2. The highest BCUT2D eigenvalue weighted by Gasteiger charge is 2.34. The number of carbonyl (C=O) groups is 4. The van der Waals surface area contributed by atoms with Gasteiger partial charge in [0, 0.05) is 50.5 Å². The first-order valence-corrected chi connectivity index (χ1v) is 13.7. The predicted molar refractivity (Wildman–Crippen MR) is 135 cm³/mol. The minimum atomic E-state index is -0.520. The fraction of sp³-hybridized carbons (Fsp3) is 0.852. The fourth-order valence-electron chi connectivity index (χ4n) is 5.58. The molecule has 1 N–H and O–H groups in total. The molecule has 0 unspecified atom stereocenters. The first-order chi connectivity index (χ1) is 17.1. The van der Waals surface area contributed by atoms with Crippen molar-refractivity contribution in [1.29, 1.82) is 0 Å². The molecule has 204 valence electrons. The second-order valence-electron chi connectivity index (χ2n) is 11.7. The summed E-state index contributed by atoms with van der Waals surface area (Å²) in [7, 11) is 1.42. The van der Waals surface area contributed by atoms with E-state index in [1.54, 1.807) is 4.90 Å². The maximum Gasteiger partial charge on any atom is 0.410 e. The van der Waals surface area contributed by atoms with Gasteiger partial charge in [-0.05, 0) is 84.5 Å². The van der Waals surface area contributed by atoms with Gasteiger partial charge in [0.1, 0.15) is 5.60 Å². The Morgan fingerprint density at radius 2 is 1.39 bits per heavy atom. The monoisotopic (exact) mass is 507 g/mol. The normalized spacial score (nSPS) is 24.2. The molecule has 1 aliphatic carbocycles. The van der Waals surface area contributed by atoms with Gasteiger partial charge in [0.2, 0.25) is 11.8 Å². The van der Waals surface area contributed by atoms with E-state index >= 15 is 0 Å². The summed E-state index contributed by atoms with van der Waals surface area (Å²) >= 11 is 0. The summed E-state index contributed by atoms with van der Waals surface area (Å²) in [6.45, 7) is 8.16. The molecule has 3 fully saturated rings. The van der Waals surface area contributed by atoms with Gasteiger partial charge in [-0.3, -0.25) is 14.4 Å². The Balaban J connectivity index is 1.33. The summed E-state index contributed by atoms with van der Waals surface area (Å²) < 4.78 is 10.2. The van der Waals surface area contributed by atoms with E-state index in [0.29, 0.717) is 38.3 Å². The van der Waals surface area contributed by atoms with Crippen LogP contribution in [0.2, 0.25) is 0 Å². The second kappa shape index (κ2) is 12.8. The van der Waals surface area contributed by atoms with E-state index < -0.39 is 5.60 Å². The number of rotatable bonds is 6. The van der Waals surface area contributed by atoms with E-state index in [9.17, 15) is 19.2 Å². The minimum absolute atomic E-state index is 0.0434. The summed E-state index contributed by atoms with van der Waals surface area (Å²) in [5, 5.41) is 3.21. The first-order valence-electron chi connectivity index (χ1n) is 13.7. The molecular formula is C27H45N3O6. The first kappa shape index (κ1) is 28.3. The van der Waals surface area contributed by atoms with Crippen molar-refractivity contribution < 1.29 is 28.7 Å². The number of carbonyl (C=O) groups excluding carboxylic acids is 4. The number of nitrogens with one attached hydrogen (secondary N) is 1. The maximum absolute atomic E-state index is 13.0. The van der Waals surface area contributed by atoms with E-state index in [0.717, 1.165) is 58.0 Å². The summed E-state index contributed by atoms with van der Waals surface area (Å²) in [6, 6.07) is 0.120. The van der Waals surface area contributed by atoms with E-state index in [2.05, 4.69) is 5.32 Å². The minimum Gasteiger partial charge on any atom is -0.469 e. The van der Waals surface area contributed by atoms with E-state index in [1.165, 1.54) is 7.11 Å². The zero-order valence-electron chi connectivity index (χ0n) is 22.6. The van der Waals surface area contributed by atoms with Crippen LogP contribution in [0.15, 0.2) is 0 Å². The number of piperidine rings is 2. The quantitative estimate of drug-likeness (QED) is 0.552. The average Bonchev–Trinajstić information content (AvgIpc) is 2.86.